The lowest BCUT2D eigenvalue weighted by Gasteiger charge is -2.37. The van der Waals surface area contributed by atoms with Crippen LogP contribution in [0.3, 0.4) is 0 Å². The van der Waals surface area contributed by atoms with Gasteiger partial charge >= 0.3 is 0 Å². The number of carbonyl (C=O) groups excluding carboxylic acids is 1. The van der Waals surface area contributed by atoms with Crippen LogP contribution in [0.15, 0.2) is 65.9 Å². The molecule has 6 rings (SSSR count). The van der Waals surface area contributed by atoms with Gasteiger partial charge in [-0.3, -0.25) is 4.79 Å². The van der Waals surface area contributed by atoms with Gasteiger partial charge in [0.25, 0.3) is 0 Å². The van der Waals surface area contributed by atoms with Crippen molar-refractivity contribution in [3.63, 3.8) is 0 Å². The van der Waals surface area contributed by atoms with Gasteiger partial charge in [0.15, 0.2) is 28.8 Å². The average molecular weight is 500 g/mol. The number of fused-ring (bicyclic) bond motifs is 2. The molecule has 7 nitrogen and oxygen atoms in total. The van der Waals surface area contributed by atoms with Gasteiger partial charge in [0.2, 0.25) is 6.79 Å². The van der Waals surface area contributed by atoms with Gasteiger partial charge in [-0.1, -0.05) is 18.2 Å². The van der Waals surface area contributed by atoms with E-state index in [4.69, 9.17) is 23.7 Å². The fourth-order valence-electron chi connectivity index (χ4n) is 5.62. The number of hydrogen-bond acceptors (Lipinski definition) is 7. The lowest BCUT2D eigenvalue weighted by molar-refractivity contribution is -0.116. The first kappa shape index (κ1) is 23.3. The highest BCUT2D eigenvalue weighted by Gasteiger charge is 2.39. The van der Waals surface area contributed by atoms with Gasteiger partial charge in [-0.15, -0.1) is 0 Å². The van der Waals surface area contributed by atoms with Crippen molar-refractivity contribution < 1.29 is 28.5 Å². The molecule has 37 heavy (non-hydrogen) atoms. The molecule has 2 heterocycles. The third-order valence-corrected chi connectivity index (χ3v) is 7.34. The van der Waals surface area contributed by atoms with E-state index in [-0.39, 0.29) is 24.4 Å². The van der Waals surface area contributed by atoms with E-state index >= 15 is 0 Å². The molecule has 0 radical (unpaired) electrons. The van der Waals surface area contributed by atoms with Crippen molar-refractivity contribution >= 4 is 11.5 Å². The van der Waals surface area contributed by atoms with E-state index in [1.807, 2.05) is 61.5 Å². The van der Waals surface area contributed by atoms with Crippen LogP contribution in [0.5, 0.6) is 28.7 Å². The Morgan fingerprint density at radius 3 is 2.35 bits per heavy atom. The Hall–Kier alpha value is -4.13. The molecule has 0 unspecified atom stereocenters. The van der Waals surface area contributed by atoms with Crippen LogP contribution in [0.1, 0.15) is 48.3 Å². The molecule has 0 bridgehead atoms. The summed E-state index contributed by atoms with van der Waals surface area (Å²) in [5.41, 5.74) is 5.78. The first-order valence-electron chi connectivity index (χ1n) is 12.5. The van der Waals surface area contributed by atoms with Gasteiger partial charge in [-0.2, -0.15) is 0 Å². The Balaban J connectivity index is 1.43. The van der Waals surface area contributed by atoms with E-state index < -0.39 is 0 Å². The fraction of sp³-hybridized carbons (Fsp3) is 0.300. The lowest BCUT2D eigenvalue weighted by atomic mass is 9.72. The molecular formula is C30H29NO6. The van der Waals surface area contributed by atoms with Crippen molar-refractivity contribution in [1.29, 1.82) is 0 Å². The summed E-state index contributed by atoms with van der Waals surface area (Å²) in [6.07, 6.45) is 1.13. The van der Waals surface area contributed by atoms with Gasteiger partial charge in [0.1, 0.15) is 5.75 Å². The third kappa shape index (κ3) is 4.04. The summed E-state index contributed by atoms with van der Waals surface area (Å²) in [4.78, 5) is 13.9. The molecule has 0 fully saturated rings. The number of allylic oxidation sites excluding steroid dienone is 2. The summed E-state index contributed by atoms with van der Waals surface area (Å²) >= 11 is 0. The maximum Gasteiger partial charge on any atom is 0.231 e. The number of anilines is 1. The fourth-order valence-corrected chi connectivity index (χ4v) is 5.62. The van der Waals surface area contributed by atoms with Crippen molar-refractivity contribution in [2.24, 2.45) is 0 Å². The topological polar surface area (TPSA) is 75.3 Å². The largest absolute Gasteiger partial charge is 0.494 e. The minimum absolute atomic E-state index is 0.0232. The van der Waals surface area contributed by atoms with Crippen molar-refractivity contribution in [2.45, 2.75) is 31.6 Å². The van der Waals surface area contributed by atoms with Crippen LogP contribution in [-0.4, -0.2) is 33.4 Å². The molecule has 0 amide bonds. The van der Waals surface area contributed by atoms with Gasteiger partial charge in [0.05, 0.1) is 20.8 Å². The van der Waals surface area contributed by atoms with E-state index in [2.05, 4.69) is 5.32 Å². The second-order valence-electron chi connectivity index (χ2n) is 9.39. The molecular weight excluding hydrogens is 470 g/mol. The molecule has 0 saturated carbocycles. The Morgan fingerprint density at radius 1 is 0.892 bits per heavy atom. The van der Waals surface area contributed by atoms with Crippen LogP contribution in [-0.2, 0) is 4.79 Å². The number of hydrogen-bond donors (Lipinski definition) is 1. The van der Waals surface area contributed by atoms with Crippen LogP contribution in [0.25, 0.3) is 0 Å². The third-order valence-electron chi connectivity index (χ3n) is 7.34. The van der Waals surface area contributed by atoms with E-state index in [0.717, 1.165) is 39.4 Å². The molecule has 1 aliphatic carbocycles. The van der Waals surface area contributed by atoms with Crippen LogP contribution in [0.4, 0.5) is 5.69 Å². The first-order chi connectivity index (χ1) is 18.1. The zero-order valence-electron chi connectivity index (χ0n) is 21.1. The highest BCUT2D eigenvalue weighted by atomic mass is 16.7. The van der Waals surface area contributed by atoms with Crippen LogP contribution in [0, 0.1) is 0 Å². The molecule has 2 aliphatic heterocycles. The second-order valence-corrected chi connectivity index (χ2v) is 9.39. The van der Waals surface area contributed by atoms with Gasteiger partial charge in [-0.25, -0.2) is 0 Å². The zero-order valence-corrected chi connectivity index (χ0v) is 21.1. The quantitative estimate of drug-likeness (QED) is 0.460. The molecule has 3 aromatic rings. The first-order valence-corrected chi connectivity index (χ1v) is 12.5. The predicted molar refractivity (Wildman–Crippen MR) is 139 cm³/mol. The molecule has 0 saturated heterocycles. The summed E-state index contributed by atoms with van der Waals surface area (Å²) in [6.45, 7) is 2.76. The molecule has 0 spiro atoms. The van der Waals surface area contributed by atoms with Crippen LogP contribution in [0.2, 0.25) is 0 Å². The highest BCUT2D eigenvalue weighted by Crippen LogP contribution is 2.51. The smallest absolute Gasteiger partial charge is 0.231 e. The summed E-state index contributed by atoms with van der Waals surface area (Å²) in [7, 11) is 3.24. The Labute approximate surface area is 215 Å². The normalized spacial score (nSPS) is 19.6. The maximum absolute atomic E-state index is 13.9. The van der Waals surface area contributed by atoms with Crippen molar-refractivity contribution in [3.05, 3.63) is 82.6 Å². The summed E-state index contributed by atoms with van der Waals surface area (Å²) in [5, 5.41) is 3.58. The van der Waals surface area contributed by atoms with E-state index in [1.165, 1.54) is 0 Å². The Morgan fingerprint density at radius 2 is 1.62 bits per heavy atom. The molecule has 0 aromatic heterocycles. The number of Topliss-reactive ketones (excluding diaryl/α,β-unsaturated/α-hetero) is 1. The van der Waals surface area contributed by atoms with E-state index in [0.29, 0.717) is 42.4 Å². The Bertz CT molecular complexity index is 1390. The highest BCUT2D eigenvalue weighted by molar-refractivity contribution is 6.02. The van der Waals surface area contributed by atoms with E-state index in [9.17, 15) is 4.79 Å². The molecule has 1 N–H and O–H groups in total. The standard InChI is InChI=1S/C30H29NO6/c1-4-35-20-8-5-17(6-9-20)29-21-14-27-28(37-16-36-27)15-22(21)31-23-11-19(12-24(32)30(23)29)18-7-10-25(33-2)26(13-18)34-3/h5-10,13-15,19,29,31H,4,11-12,16H2,1-3H3/t19-,29+/m1/s1. The van der Waals surface area contributed by atoms with Gasteiger partial charge < -0.3 is 29.0 Å². The number of ketones is 1. The van der Waals surface area contributed by atoms with Gasteiger partial charge in [-0.05, 0) is 66.3 Å². The maximum atomic E-state index is 13.9. The molecule has 2 atom stereocenters. The van der Waals surface area contributed by atoms with Crippen molar-refractivity contribution in [2.75, 3.05) is 32.9 Å². The average Bonchev–Trinajstić information content (AvgIpc) is 3.38. The summed E-state index contributed by atoms with van der Waals surface area (Å²) < 4.78 is 27.9. The number of nitrogens with one attached hydrogen (secondary N) is 1. The number of carbonyl (C=O) groups is 1. The lowest BCUT2D eigenvalue weighted by Crippen LogP contribution is -2.29. The molecule has 190 valence electrons. The number of ether oxygens (including phenoxy) is 5. The number of methoxy groups -OCH3 is 2. The van der Waals surface area contributed by atoms with Crippen molar-refractivity contribution in [3.8, 4) is 28.7 Å². The Kier molecular flexibility index (Phi) is 5.91. The molecule has 7 heteroatoms. The number of benzene rings is 3. The molecule has 3 aliphatic rings. The molecule has 3 aromatic carbocycles. The summed E-state index contributed by atoms with van der Waals surface area (Å²) in [5.74, 6) is 3.50. The van der Waals surface area contributed by atoms with E-state index in [1.54, 1.807) is 14.2 Å². The second kappa shape index (κ2) is 9.39. The number of rotatable bonds is 6. The zero-order chi connectivity index (χ0) is 25.5. The monoisotopic (exact) mass is 499 g/mol. The van der Waals surface area contributed by atoms with Gasteiger partial charge in [0, 0.05) is 35.4 Å². The summed E-state index contributed by atoms with van der Waals surface area (Å²) in [6, 6.07) is 17.9. The van der Waals surface area contributed by atoms with Crippen LogP contribution >= 0.6 is 0 Å². The minimum Gasteiger partial charge on any atom is -0.494 e. The van der Waals surface area contributed by atoms with Crippen molar-refractivity contribution in [1.82, 2.24) is 0 Å². The SMILES string of the molecule is CCOc1ccc([C@@H]2C3=C(C[C@@H](c4ccc(OC)c(OC)c4)CC3=O)Nc3cc4c(cc32)OCO4)cc1. The van der Waals surface area contributed by atoms with Crippen LogP contribution < -0.4 is 29.0 Å². The minimum atomic E-state index is -0.213. The predicted octanol–water partition coefficient (Wildman–Crippen LogP) is 5.79.